The summed E-state index contributed by atoms with van der Waals surface area (Å²) in [7, 11) is -5.59. The summed E-state index contributed by atoms with van der Waals surface area (Å²) < 4.78 is 70.5. The maximum atomic E-state index is 12.6. The van der Waals surface area contributed by atoms with Gasteiger partial charge in [0.2, 0.25) is 0 Å². The second kappa shape index (κ2) is 5.79. The van der Waals surface area contributed by atoms with Crippen LogP contribution < -0.4 is 0 Å². The molecule has 0 radical (unpaired) electrons. The van der Waals surface area contributed by atoms with Crippen molar-refractivity contribution in [3.05, 3.63) is 36.0 Å². The quantitative estimate of drug-likeness (QED) is 0.534. The Hall–Kier alpha value is -1.44. The number of alkyl halides is 3. The number of rotatable bonds is 2. The lowest BCUT2D eigenvalue weighted by molar-refractivity contribution is -0.0533. The minimum absolute atomic E-state index is 0.0182. The Labute approximate surface area is 144 Å². The van der Waals surface area contributed by atoms with Crippen LogP contribution in [0.25, 0.3) is 0 Å². The maximum Gasteiger partial charge on any atom is 0.534 e. The standard InChI is InChI=1S/C17H19F3O4S/c18-17(19,20)25(21,22)24-16-8-6-12-10-5-7-15-13(2-1-9-23-15)11(10)3-4-14(12)16/h1,7-14H,2-6H2. The lowest BCUT2D eigenvalue weighted by Crippen LogP contribution is -2.40. The van der Waals surface area contributed by atoms with E-state index in [1.807, 2.05) is 6.08 Å². The van der Waals surface area contributed by atoms with E-state index < -0.39 is 15.6 Å². The molecular weight excluding hydrogens is 357 g/mol. The zero-order valence-corrected chi connectivity index (χ0v) is 14.2. The Bertz CT molecular complexity index is 750. The lowest BCUT2D eigenvalue weighted by atomic mass is 9.59. The Morgan fingerprint density at radius 3 is 2.52 bits per heavy atom. The van der Waals surface area contributed by atoms with E-state index in [2.05, 4.69) is 10.3 Å². The molecule has 8 heteroatoms. The third kappa shape index (κ3) is 2.78. The van der Waals surface area contributed by atoms with Crippen LogP contribution in [0.4, 0.5) is 13.2 Å². The van der Waals surface area contributed by atoms with Gasteiger partial charge in [-0.05, 0) is 68.1 Å². The van der Waals surface area contributed by atoms with Crippen molar-refractivity contribution in [1.29, 1.82) is 0 Å². The van der Waals surface area contributed by atoms with Crippen molar-refractivity contribution in [2.45, 2.75) is 37.6 Å². The van der Waals surface area contributed by atoms with Gasteiger partial charge in [-0.15, -0.1) is 0 Å². The molecule has 1 heterocycles. The van der Waals surface area contributed by atoms with Crippen LogP contribution in [0.5, 0.6) is 0 Å². The summed E-state index contributed by atoms with van der Waals surface area (Å²) in [5.74, 6) is 1.97. The van der Waals surface area contributed by atoms with E-state index in [9.17, 15) is 21.6 Å². The first kappa shape index (κ1) is 17.0. The molecule has 5 atom stereocenters. The van der Waals surface area contributed by atoms with Crippen LogP contribution in [-0.4, -0.2) is 13.9 Å². The van der Waals surface area contributed by atoms with Gasteiger partial charge in [0.25, 0.3) is 0 Å². The average Bonchev–Trinajstić information content (AvgIpc) is 2.96. The molecule has 0 aromatic carbocycles. The van der Waals surface area contributed by atoms with Gasteiger partial charge in [-0.25, -0.2) is 0 Å². The summed E-state index contributed by atoms with van der Waals surface area (Å²) in [6.07, 6.45) is 11.1. The van der Waals surface area contributed by atoms with Crippen molar-refractivity contribution in [3.8, 4) is 0 Å². The van der Waals surface area contributed by atoms with Crippen LogP contribution in [0.15, 0.2) is 36.0 Å². The van der Waals surface area contributed by atoms with Gasteiger partial charge in [0.1, 0.15) is 11.5 Å². The predicted octanol–water partition coefficient (Wildman–Crippen LogP) is 4.24. The zero-order valence-electron chi connectivity index (χ0n) is 13.4. The van der Waals surface area contributed by atoms with E-state index in [4.69, 9.17) is 4.74 Å². The third-order valence-electron chi connectivity index (χ3n) is 6.04. The fourth-order valence-corrected chi connectivity index (χ4v) is 5.54. The highest BCUT2D eigenvalue weighted by molar-refractivity contribution is 7.87. The highest BCUT2D eigenvalue weighted by Gasteiger charge is 2.53. The Morgan fingerprint density at radius 2 is 1.76 bits per heavy atom. The first-order chi connectivity index (χ1) is 11.8. The van der Waals surface area contributed by atoms with Gasteiger partial charge >= 0.3 is 15.6 Å². The predicted molar refractivity (Wildman–Crippen MR) is 83.0 cm³/mol. The normalized spacial score (nSPS) is 37.2. The number of fused-ring (bicyclic) bond motifs is 5. The summed E-state index contributed by atoms with van der Waals surface area (Å²) in [6.45, 7) is 0. The number of halogens is 3. The number of ether oxygens (including phenoxy) is 1. The van der Waals surface area contributed by atoms with Gasteiger partial charge in [0.15, 0.2) is 0 Å². The second-order valence-electron chi connectivity index (χ2n) is 7.17. The van der Waals surface area contributed by atoms with Crippen LogP contribution in [0.1, 0.15) is 32.1 Å². The molecule has 138 valence electrons. The van der Waals surface area contributed by atoms with Crippen molar-refractivity contribution in [1.82, 2.24) is 0 Å². The molecule has 5 unspecified atom stereocenters. The molecule has 0 bridgehead atoms. The highest BCUT2D eigenvalue weighted by Crippen LogP contribution is 2.55. The minimum Gasteiger partial charge on any atom is -0.470 e. The number of hydrogen-bond donors (Lipinski definition) is 0. The largest absolute Gasteiger partial charge is 0.534 e. The summed E-state index contributed by atoms with van der Waals surface area (Å²) in [5.41, 5.74) is -5.39. The molecule has 0 N–H and O–H groups in total. The van der Waals surface area contributed by atoms with Crippen LogP contribution in [0, 0.1) is 29.6 Å². The molecular formula is C17H19F3O4S. The first-order valence-corrected chi connectivity index (χ1v) is 9.91. The van der Waals surface area contributed by atoms with E-state index >= 15 is 0 Å². The molecule has 3 aliphatic carbocycles. The van der Waals surface area contributed by atoms with E-state index in [1.54, 1.807) is 6.26 Å². The molecule has 0 spiro atoms. The van der Waals surface area contributed by atoms with Gasteiger partial charge in [-0.3, -0.25) is 0 Å². The highest BCUT2D eigenvalue weighted by atomic mass is 32.2. The molecule has 1 saturated carbocycles. The Kier molecular flexibility index (Phi) is 3.94. The lowest BCUT2D eigenvalue weighted by Gasteiger charge is -2.47. The van der Waals surface area contributed by atoms with Crippen molar-refractivity contribution < 1.29 is 30.5 Å². The van der Waals surface area contributed by atoms with Gasteiger partial charge in [-0.2, -0.15) is 21.6 Å². The Balaban J connectivity index is 1.52. The fourth-order valence-electron chi connectivity index (χ4n) is 5.00. The summed E-state index contributed by atoms with van der Waals surface area (Å²) in [4.78, 5) is 0. The summed E-state index contributed by atoms with van der Waals surface area (Å²) in [6, 6.07) is 0. The van der Waals surface area contributed by atoms with E-state index in [0.29, 0.717) is 30.6 Å². The van der Waals surface area contributed by atoms with Crippen molar-refractivity contribution >= 4 is 10.1 Å². The van der Waals surface area contributed by atoms with Gasteiger partial charge < -0.3 is 8.92 Å². The topological polar surface area (TPSA) is 52.6 Å². The molecule has 0 amide bonds. The summed E-state index contributed by atoms with van der Waals surface area (Å²) in [5, 5.41) is 0. The van der Waals surface area contributed by atoms with Crippen molar-refractivity contribution in [2.24, 2.45) is 29.6 Å². The second-order valence-corrected chi connectivity index (χ2v) is 8.71. The van der Waals surface area contributed by atoms with Crippen LogP contribution in [0.3, 0.4) is 0 Å². The van der Waals surface area contributed by atoms with Gasteiger partial charge in [-0.1, -0.05) is 0 Å². The average molecular weight is 376 g/mol. The van der Waals surface area contributed by atoms with E-state index in [1.165, 1.54) is 6.08 Å². The fraction of sp³-hybridized carbons (Fsp3) is 0.647. The van der Waals surface area contributed by atoms with Gasteiger partial charge in [0, 0.05) is 11.8 Å². The van der Waals surface area contributed by atoms with Crippen molar-refractivity contribution in [3.63, 3.8) is 0 Å². The first-order valence-electron chi connectivity index (χ1n) is 8.50. The number of allylic oxidation sites excluding steroid dienone is 5. The molecule has 0 saturated heterocycles. The molecule has 4 nitrogen and oxygen atoms in total. The van der Waals surface area contributed by atoms with Crippen LogP contribution in [0.2, 0.25) is 0 Å². The Morgan fingerprint density at radius 1 is 1.00 bits per heavy atom. The third-order valence-corrected chi connectivity index (χ3v) is 7.02. The molecule has 25 heavy (non-hydrogen) atoms. The molecule has 0 aromatic heterocycles. The number of hydrogen-bond acceptors (Lipinski definition) is 4. The molecule has 0 aromatic rings. The minimum atomic E-state index is -5.59. The van der Waals surface area contributed by atoms with Crippen LogP contribution in [-0.2, 0) is 19.0 Å². The van der Waals surface area contributed by atoms with Crippen LogP contribution >= 0.6 is 0 Å². The maximum absolute atomic E-state index is 12.6. The smallest absolute Gasteiger partial charge is 0.470 e. The molecule has 4 aliphatic rings. The molecule has 1 fully saturated rings. The van der Waals surface area contributed by atoms with E-state index in [-0.39, 0.29) is 17.6 Å². The van der Waals surface area contributed by atoms with Gasteiger partial charge in [0.05, 0.1) is 6.26 Å². The summed E-state index contributed by atoms with van der Waals surface area (Å²) >= 11 is 0. The zero-order chi connectivity index (χ0) is 17.8. The van der Waals surface area contributed by atoms with E-state index in [0.717, 1.165) is 25.0 Å². The van der Waals surface area contributed by atoms with Crippen molar-refractivity contribution in [2.75, 3.05) is 0 Å². The molecule has 1 aliphatic heterocycles. The SMILES string of the molecule is O=S(=O)(OC1=CCC2C1CCC1C3CC=COC3=CCC12)C(F)(F)F. The monoisotopic (exact) mass is 376 g/mol. The molecule has 4 rings (SSSR count).